The third-order valence-corrected chi connectivity index (χ3v) is 6.37. The summed E-state index contributed by atoms with van der Waals surface area (Å²) in [5, 5.41) is 3.26. The first kappa shape index (κ1) is 20.3. The molecule has 6 nitrogen and oxygen atoms in total. The molecule has 2 unspecified atom stereocenters. The zero-order valence-corrected chi connectivity index (χ0v) is 17.4. The maximum atomic E-state index is 13.4. The average molecular weight is 419 g/mol. The lowest BCUT2D eigenvalue weighted by atomic mass is 9.94. The first-order valence-electron chi connectivity index (χ1n) is 10.3. The number of piperidine rings is 2. The van der Waals surface area contributed by atoms with Crippen molar-refractivity contribution in [3.05, 3.63) is 41.4 Å². The lowest BCUT2D eigenvalue weighted by Gasteiger charge is -2.44. The molecule has 2 aliphatic heterocycles. The third kappa shape index (κ3) is 4.79. The van der Waals surface area contributed by atoms with Gasteiger partial charge in [0, 0.05) is 36.4 Å². The van der Waals surface area contributed by atoms with Gasteiger partial charge in [-0.1, -0.05) is 11.6 Å². The van der Waals surface area contributed by atoms with E-state index in [1.807, 2.05) is 6.07 Å². The Hall–Kier alpha value is -1.96. The second-order valence-corrected chi connectivity index (χ2v) is 8.52. The van der Waals surface area contributed by atoms with Gasteiger partial charge in [-0.25, -0.2) is 14.4 Å². The second-order valence-electron chi connectivity index (χ2n) is 8.11. The highest BCUT2D eigenvalue weighted by Crippen LogP contribution is 2.29. The SMILES string of the molecule is CC1CC(N2CCC(N)CC2)CCN1c1cc(Nc2ccc(F)c(Cl)c2)ncn1. The number of nitrogens with one attached hydrogen (secondary N) is 1. The van der Waals surface area contributed by atoms with Gasteiger partial charge in [-0.05, 0) is 63.9 Å². The first-order valence-corrected chi connectivity index (χ1v) is 10.7. The Labute approximate surface area is 176 Å². The van der Waals surface area contributed by atoms with Crippen molar-refractivity contribution >= 4 is 28.9 Å². The molecule has 2 fully saturated rings. The van der Waals surface area contributed by atoms with Crippen LogP contribution in [0.2, 0.25) is 5.02 Å². The van der Waals surface area contributed by atoms with Gasteiger partial charge in [-0.3, -0.25) is 0 Å². The van der Waals surface area contributed by atoms with Gasteiger partial charge in [0.25, 0.3) is 0 Å². The van der Waals surface area contributed by atoms with Gasteiger partial charge in [0.05, 0.1) is 5.02 Å². The summed E-state index contributed by atoms with van der Waals surface area (Å²) in [6, 6.07) is 7.86. The third-order valence-electron chi connectivity index (χ3n) is 6.08. The molecule has 0 radical (unpaired) electrons. The van der Waals surface area contributed by atoms with E-state index in [1.165, 1.54) is 6.07 Å². The van der Waals surface area contributed by atoms with Gasteiger partial charge in [-0.2, -0.15) is 0 Å². The molecule has 0 amide bonds. The second kappa shape index (κ2) is 8.81. The number of aromatic nitrogens is 2. The zero-order valence-electron chi connectivity index (χ0n) is 16.7. The van der Waals surface area contributed by atoms with Gasteiger partial charge in [-0.15, -0.1) is 0 Å². The van der Waals surface area contributed by atoms with Crippen LogP contribution in [0.1, 0.15) is 32.6 Å². The molecule has 3 N–H and O–H groups in total. The fraction of sp³-hybridized carbons (Fsp3) is 0.524. The van der Waals surface area contributed by atoms with Crippen LogP contribution in [-0.4, -0.2) is 52.6 Å². The van der Waals surface area contributed by atoms with Crippen LogP contribution in [0, 0.1) is 5.82 Å². The number of rotatable bonds is 4. The van der Waals surface area contributed by atoms with Crippen LogP contribution in [0.4, 0.5) is 21.7 Å². The molecule has 0 bridgehead atoms. The van der Waals surface area contributed by atoms with E-state index in [0.717, 1.165) is 51.1 Å². The summed E-state index contributed by atoms with van der Waals surface area (Å²) in [5.74, 6) is 1.13. The van der Waals surface area contributed by atoms with Gasteiger partial charge >= 0.3 is 0 Å². The van der Waals surface area contributed by atoms with Crippen LogP contribution in [0.3, 0.4) is 0 Å². The number of hydrogen-bond acceptors (Lipinski definition) is 6. The van der Waals surface area contributed by atoms with E-state index >= 15 is 0 Å². The summed E-state index contributed by atoms with van der Waals surface area (Å²) in [7, 11) is 0. The van der Waals surface area contributed by atoms with E-state index in [4.69, 9.17) is 17.3 Å². The highest BCUT2D eigenvalue weighted by molar-refractivity contribution is 6.31. The normalized spacial score (nSPS) is 23.9. The fourth-order valence-corrected chi connectivity index (χ4v) is 4.58. The minimum absolute atomic E-state index is 0.0821. The summed E-state index contributed by atoms with van der Waals surface area (Å²) in [5.41, 5.74) is 6.75. The van der Waals surface area contributed by atoms with Crippen molar-refractivity contribution in [3.8, 4) is 0 Å². The Balaban J connectivity index is 1.41. The largest absolute Gasteiger partial charge is 0.354 e. The van der Waals surface area contributed by atoms with Crippen LogP contribution >= 0.6 is 11.6 Å². The Bertz CT molecular complexity index is 842. The molecule has 0 aliphatic carbocycles. The summed E-state index contributed by atoms with van der Waals surface area (Å²) >= 11 is 5.87. The van der Waals surface area contributed by atoms with Crippen molar-refractivity contribution < 1.29 is 4.39 Å². The maximum absolute atomic E-state index is 13.4. The number of nitrogens with zero attached hydrogens (tertiary/aromatic N) is 4. The molecule has 2 atom stereocenters. The summed E-state index contributed by atoms with van der Waals surface area (Å²) in [6.45, 7) is 5.45. The molecular weight excluding hydrogens is 391 g/mol. The van der Waals surface area contributed by atoms with E-state index in [1.54, 1.807) is 18.5 Å². The van der Waals surface area contributed by atoms with Crippen molar-refractivity contribution in [2.45, 2.75) is 50.7 Å². The molecular formula is C21H28ClFN6. The standard InChI is InChI=1S/C21H28ClFN6/c1-14-10-17(28-7-4-15(24)5-8-28)6-9-29(14)21-12-20(25-13-26-21)27-16-2-3-19(23)18(22)11-16/h2-3,11-15,17H,4-10,24H2,1H3,(H,25,26,27). The molecule has 2 saturated heterocycles. The Morgan fingerprint density at radius 3 is 2.66 bits per heavy atom. The molecule has 0 spiro atoms. The number of likely N-dealkylation sites (tertiary alicyclic amines) is 1. The van der Waals surface area contributed by atoms with E-state index in [2.05, 4.69) is 32.0 Å². The molecule has 4 rings (SSSR count). The predicted molar refractivity (Wildman–Crippen MR) is 115 cm³/mol. The van der Waals surface area contributed by atoms with E-state index < -0.39 is 5.82 Å². The van der Waals surface area contributed by atoms with E-state index in [-0.39, 0.29) is 5.02 Å². The van der Waals surface area contributed by atoms with Crippen molar-refractivity contribution in [1.82, 2.24) is 14.9 Å². The van der Waals surface area contributed by atoms with Gasteiger partial charge < -0.3 is 20.9 Å². The molecule has 156 valence electrons. The monoisotopic (exact) mass is 418 g/mol. The molecule has 1 aromatic heterocycles. The topological polar surface area (TPSA) is 70.3 Å². The van der Waals surface area contributed by atoms with Crippen LogP contribution in [0.15, 0.2) is 30.6 Å². The van der Waals surface area contributed by atoms with Crippen LogP contribution in [0.5, 0.6) is 0 Å². The van der Waals surface area contributed by atoms with Crippen LogP contribution in [0.25, 0.3) is 0 Å². The summed E-state index contributed by atoms with van der Waals surface area (Å²) in [4.78, 5) is 13.7. The maximum Gasteiger partial charge on any atom is 0.141 e. The fourth-order valence-electron chi connectivity index (χ4n) is 4.40. The van der Waals surface area contributed by atoms with Gasteiger partial charge in [0.1, 0.15) is 23.8 Å². The highest BCUT2D eigenvalue weighted by atomic mass is 35.5. The predicted octanol–water partition coefficient (Wildman–Crippen LogP) is 3.79. The molecule has 3 heterocycles. The molecule has 29 heavy (non-hydrogen) atoms. The molecule has 8 heteroatoms. The average Bonchev–Trinajstić information content (AvgIpc) is 2.71. The molecule has 0 saturated carbocycles. The lowest BCUT2D eigenvalue weighted by Crippen LogP contribution is -2.52. The van der Waals surface area contributed by atoms with Crippen molar-refractivity contribution in [2.75, 3.05) is 29.9 Å². The number of benzene rings is 1. The highest BCUT2D eigenvalue weighted by Gasteiger charge is 2.31. The smallest absolute Gasteiger partial charge is 0.141 e. The minimum atomic E-state index is -0.437. The number of nitrogens with two attached hydrogens (primary N) is 1. The quantitative estimate of drug-likeness (QED) is 0.787. The van der Waals surface area contributed by atoms with Crippen molar-refractivity contribution in [2.24, 2.45) is 5.73 Å². The first-order chi connectivity index (χ1) is 14.0. The Morgan fingerprint density at radius 1 is 1.14 bits per heavy atom. The Morgan fingerprint density at radius 2 is 1.93 bits per heavy atom. The van der Waals surface area contributed by atoms with E-state index in [0.29, 0.717) is 29.6 Å². The van der Waals surface area contributed by atoms with Crippen molar-refractivity contribution in [1.29, 1.82) is 0 Å². The zero-order chi connectivity index (χ0) is 20.4. The number of hydrogen-bond donors (Lipinski definition) is 2. The van der Waals surface area contributed by atoms with Crippen LogP contribution in [-0.2, 0) is 0 Å². The molecule has 2 aliphatic rings. The molecule has 1 aromatic carbocycles. The summed E-state index contributed by atoms with van der Waals surface area (Å²) in [6.07, 6.45) is 6.01. The van der Waals surface area contributed by atoms with E-state index in [9.17, 15) is 4.39 Å². The number of halogens is 2. The minimum Gasteiger partial charge on any atom is -0.354 e. The number of anilines is 3. The van der Waals surface area contributed by atoms with Gasteiger partial charge in [0.2, 0.25) is 0 Å². The van der Waals surface area contributed by atoms with Gasteiger partial charge in [0.15, 0.2) is 0 Å². The van der Waals surface area contributed by atoms with Crippen LogP contribution < -0.4 is 16.0 Å². The lowest BCUT2D eigenvalue weighted by molar-refractivity contribution is 0.123. The van der Waals surface area contributed by atoms with Crippen molar-refractivity contribution in [3.63, 3.8) is 0 Å². The Kier molecular flexibility index (Phi) is 6.18. The summed E-state index contributed by atoms with van der Waals surface area (Å²) < 4.78 is 13.4. The molecule has 2 aromatic rings.